The van der Waals surface area contributed by atoms with Crippen LogP contribution in [0.1, 0.15) is 25.0 Å². The molecule has 0 bridgehead atoms. The van der Waals surface area contributed by atoms with Gasteiger partial charge in [0.25, 0.3) is 0 Å². The van der Waals surface area contributed by atoms with E-state index in [9.17, 15) is 0 Å². The Balaban J connectivity index is 1.16. The summed E-state index contributed by atoms with van der Waals surface area (Å²) < 4.78 is 4.79. The molecule has 0 fully saturated rings. The first-order valence-electron chi connectivity index (χ1n) is 16.3. The summed E-state index contributed by atoms with van der Waals surface area (Å²) in [5.41, 5.74) is 14.5. The summed E-state index contributed by atoms with van der Waals surface area (Å²) in [6.45, 7) is 4.61. The van der Waals surface area contributed by atoms with Crippen LogP contribution in [0.3, 0.4) is 0 Å². The minimum absolute atomic E-state index is 0.0678. The van der Waals surface area contributed by atoms with Crippen LogP contribution in [0, 0.1) is 0 Å². The highest BCUT2D eigenvalue weighted by atomic mass is 15.0. The van der Waals surface area contributed by atoms with Gasteiger partial charge in [-0.25, -0.2) is 0 Å². The van der Waals surface area contributed by atoms with Crippen molar-refractivity contribution in [2.75, 3.05) is 0 Å². The molecular formula is C44H31N3. The zero-order valence-corrected chi connectivity index (χ0v) is 26.3. The molecular weight excluding hydrogens is 571 g/mol. The Morgan fingerprint density at radius 3 is 1.68 bits per heavy atom. The van der Waals surface area contributed by atoms with Crippen LogP contribution in [0.15, 0.2) is 152 Å². The average Bonchev–Trinajstić information content (AvgIpc) is 3.71. The molecule has 0 amide bonds. The number of nitrogens with zero attached hydrogens (tertiary/aromatic N) is 3. The fraction of sp³-hybridized carbons (Fsp3) is 0.0682. The normalized spacial score (nSPS) is 13.5. The van der Waals surface area contributed by atoms with Gasteiger partial charge in [0.1, 0.15) is 0 Å². The molecule has 0 unspecified atom stereocenters. The summed E-state index contributed by atoms with van der Waals surface area (Å²) in [4.78, 5) is 4.84. The minimum atomic E-state index is -0.0678. The molecule has 222 valence electrons. The average molecular weight is 602 g/mol. The third-order valence-electron chi connectivity index (χ3n) is 10.4. The monoisotopic (exact) mass is 601 g/mol. The molecule has 3 heteroatoms. The van der Waals surface area contributed by atoms with Gasteiger partial charge < -0.3 is 9.13 Å². The standard InChI is InChI=1S/C44H31N3/c1-44(2)37-21-20-31(27-36(37)43-38(44)15-10-24-45-43)47-40-17-9-7-14-33(40)35-26-29(19-23-42(35)47)28-18-22-41-34(25-28)32-13-6-8-16-39(32)46(41)30-11-4-3-5-12-30/h3-27H,1-2H3. The van der Waals surface area contributed by atoms with E-state index in [-0.39, 0.29) is 5.41 Å². The molecule has 9 aromatic rings. The summed E-state index contributed by atoms with van der Waals surface area (Å²) >= 11 is 0. The first-order valence-corrected chi connectivity index (χ1v) is 16.3. The number of rotatable bonds is 3. The molecule has 1 aliphatic carbocycles. The Hall–Kier alpha value is -5.93. The molecule has 47 heavy (non-hydrogen) atoms. The summed E-state index contributed by atoms with van der Waals surface area (Å²) in [5, 5.41) is 5.04. The van der Waals surface area contributed by atoms with Crippen LogP contribution in [0.4, 0.5) is 0 Å². The second-order valence-electron chi connectivity index (χ2n) is 13.3. The van der Waals surface area contributed by atoms with Gasteiger partial charge in [-0.2, -0.15) is 0 Å². The van der Waals surface area contributed by atoms with Crippen LogP contribution >= 0.6 is 0 Å². The molecule has 1 aliphatic rings. The molecule has 6 aromatic carbocycles. The zero-order valence-electron chi connectivity index (χ0n) is 26.3. The van der Waals surface area contributed by atoms with Gasteiger partial charge in [0.15, 0.2) is 0 Å². The van der Waals surface area contributed by atoms with E-state index in [4.69, 9.17) is 4.98 Å². The van der Waals surface area contributed by atoms with Crippen molar-refractivity contribution < 1.29 is 0 Å². The molecule has 0 saturated heterocycles. The Morgan fingerprint density at radius 1 is 0.447 bits per heavy atom. The largest absolute Gasteiger partial charge is 0.309 e. The second kappa shape index (κ2) is 9.54. The van der Waals surface area contributed by atoms with Gasteiger partial charge in [-0.05, 0) is 89.0 Å². The van der Waals surface area contributed by atoms with Crippen LogP contribution in [0.25, 0.3) is 77.4 Å². The minimum Gasteiger partial charge on any atom is -0.309 e. The van der Waals surface area contributed by atoms with Crippen molar-refractivity contribution in [3.05, 3.63) is 163 Å². The van der Waals surface area contributed by atoms with Crippen LogP contribution in [-0.2, 0) is 5.41 Å². The maximum Gasteiger partial charge on any atom is 0.0746 e. The fourth-order valence-electron chi connectivity index (χ4n) is 8.12. The predicted octanol–water partition coefficient (Wildman–Crippen LogP) is 11.2. The van der Waals surface area contributed by atoms with E-state index < -0.39 is 0 Å². The van der Waals surface area contributed by atoms with Crippen LogP contribution < -0.4 is 0 Å². The smallest absolute Gasteiger partial charge is 0.0746 e. The van der Waals surface area contributed by atoms with Crippen LogP contribution in [-0.4, -0.2) is 14.1 Å². The molecule has 0 aliphatic heterocycles. The highest BCUT2D eigenvalue weighted by Gasteiger charge is 2.36. The first-order chi connectivity index (χ1) is 23.1. The van der Waals surface area contributed by atoms with Crippen molar-refractivity contribution in [1.29, 1.82) is 0 Å². The van der Waals surface area contributed by atoms with E-state index in [1.165, 1.54) is 77.1 Å². The van der Waals surface area contributed by atoms with Gasteiger partial charge in [-0.1, -0.05) is 92.7 Å². The summed E-state index contributed by atoms with van der Waals surface area (Å²) in [6, 6.07) is 53.2. The van der Waals surface area contributed by atoms with E-state index in [1.807, 2.05) is 6.20 Å². The van der Waals surface area contributed by atoms with Crippen molar-refractivity contribution >= 4 is 43.6 Å². The molecule has 0 radical (unpaired) electrons. The van der Waals surface area contributed by atoms with Crippen LogP contribution in [0.2, 0.25) is 0 Å². The summed E-state index contributed by atoms with van der Waals surface area (Å²) in [5.74, 6) is 0. The Morgan fingerprint density at radius 2 is 1.02 bits per heavy atom. The third kappa shape index (κ3) is 3.65. The Kier molecular flexibility index (Phi) is 5.34. The molecule has 3 nitrogen and oxygen atoms in total. The molecule has 0 spiro atoms. The van der Waals surface area contributed by atoms with Crippen molar-refractivity contribution in [3.63, 3.8) is 0 Å². The summed E-state index contributed by atoms with van der Waals surface area (Å²) in [6.07, 6.45) is 1.91. The molecule has 3 heterocycles. The lowest BCUT2D eigenvalue weighted by atomic mass is 9.83. The van der Waals surface area contributed by atoms with Gasteiger partial charge in [0.2, 0.25) is 0 Å². The van der Waals surface area contributed by atoms with Crippen molar-refractivity contribution in [3.8, 4) is 33.8 Å². The molecule has 0 N–H and O–H groups in total. The number of hydrogen-bond donors (Lipinski definition) is 0. The number of para-hydroxylation sites is 3. The van der Waals surface area contributed by atoms with Crippen LogP contribution in [0.5, 0.6) is 0 Å². The van der Waals surface area contributed by atoms with Gasteiger partial charge in [-0.3, -0.25) is 4.98 Å². The maximum absolute atomic E-state index is 4.84. The fourth-order valence-corrected chi connectivity index (χ4v) is 8.12. The van der Waals surface area contributed by atoms with Crippen molar-refractivity contribution in [1.82, 2.24) is 14.1 Å². The Bertz CT molecular complexity index is 2710. The lowest BCUT2D eigenvalue weighted by molar-refractivity contribution is 0.659. The van der Waals surface area contributed by atoms with Gasteiger partial charge >= 0.3 is 0 Å². The highest BCUT2D eigenvalue weighted by Crippen LogP contribution is 2.48. The second-order valence-corrected chi connectivity index (χ2v) is 13.3. The van der Waals surface area contributed by atoms with Crippen molar-refractivity contribution in [2.45, 2.75) is 19.3 Å². The quantitative estimate of drug-likeness (QED) is 0.198. The van der Waals surface area contributed by atoms with E-state index in [0.29, 0.717) is 0 Å². The lowest BCUT2D eigenvalue weighted by Crippen LogP contribution is -2.15. The highest BCUT2D eigenvalue weighted by molar-refractivity contribution is 6.12. The molecule has 0 saturated carbocycles. The number of pyridine rings is 1. The Labute approximate surface area is 273 Å². The summed E-state index contributed by atoms with van der Waals surface area (Å²) in [7, 11) is 0. The zero-order chi connectivity index (χ0) is 31.3. The van der Waals surface area contributed by atoms with Gasteiger partial charge in [0, 0.05) is 50.1 Å². The third-order valence-corrected chi connectivity index (χ3v) is 10.4. The molecule has 3 aromatic heterocycles. The maximum atomic E-state index is 4.84. The van der Waals surface area contributed by atoms with E-state index >= 15 is 0 Å². The SMILES string of the molecule is CC1(C)c2ccc(-n3c4ccccc4c4cc(-c5ccc6c(c5)c5ccccc5n6-c5ccccc5)ccc43)cc2-c2ncccc21. The van der Waals surface area contributed by atoms with Gasteiger partial charge in [-0.15, -0.1) is 0 Å². The number of aromatic nitrogens is 3. The molecule has 10 rings (SSSR count). The van der Waals surface area contributed by atoms with Gasteiger partial charge in [0.05, 0.1) is 27.8 Å². The number of fused-ring (bicyclic) bond motifs is 9. The first kappa shape index (κ1) is 26.3. The topological polar surface area (TPSA) is 22.8 Å². The van der Waals surface area contributed by atoms with E-state index in [1.54, 1.807) is 0 Å². The van der Waals surface area contributed by atoms with E-state index in [0.717, 1.165) is 11.4 Å². The van der Waals surface area contributed by atoms with Crippen molar-refractivity contribution in [2.24, 2.45) is 0 Å². The lowest BCUT2D eigenvalue weighted by Gasteiger charge is -2.21. The van der Waals surface area contributed by atoms with E-state index in [2.05, 4.69) is 169 Å². The predicted molar refractivity (Wildman–Crippen MR) is 196 cm³/mol. The molecule has 0 atom stereocenters. The number of benzene rings is 6. The number of hydrogen-bond acceptors (Lipinski definition) is 1.